The van der Waals surface area contributed by atoms with E-state index < -0.39 is 0 Å². The summed E-state index contributed by atoms with van der Waals surface area (Å²) in [7, 11) is 1.97. The van der Waals surface area contributed by atoms with Gasteiger partial charge in [0.05, 0.1) is 0 Å². The lowest BCUT2D eigenvalue weighted by Crippen LogP contribution is -2.43. The van der Waals surface area contributed by atoms with Crippen molar-refractivity contribution in [3.05, 3.63) is 0 Å². The molecule has 1 amide bonds. The van der Waals surface area contributed by atoms with Gasteiger partial charge in [0, 0.05) is 13.1 Å². The van der Waals surface area contributed by atoms with Crippen molar-refractivity contribution in [3.63, 3.8) is 0 Å². The highest BCUT2D eigenvalue weighted by atomic mass is 16.6. The van der Waals surface area contributed by atoms with Crippen LogP contribution in [0.4, 0.5) is 4.79 Å². The lowest BCUT2D eigenvalue weighted by molar-refractivity contribution is 0.0529. The van der Waals surface area contributed by atoms with Gasteiger partial charge in [-0.2, -0.15) is 0 Å². The molecule has 4 heteroatoms. The minimum atomic E-state index is -0.0855. The molecule has 0 aromatic rings. The summed E-state index contributed by atoms with van der Waals surface area (Å²) >= 11 is 0. The molecule has 0 spiro atoms. The van der Waals surface area contributed by atoms with Crippen molar-refractivity contribution in [1.82, 2.24) is 10.2 Å². The molecule has 17 heavy (non-hydrogen) atoms. The second-order valence-corrected chi connectivity index (χ2v) is 5.30. The van der Waals surface area contributed by atoms with Crippen LogP contribution in [0.2, 0.25) is 0 Å². The number of likely N-dealkylation sites (tertiary alicyclic amines) is 1. The van der Waals surface area contributed by atoms with E-state index in [4.69, 9.17) is 4.74 Å². The maximum Gasteiger partial charge on any atom is 0.410 e. The quantitative estimate of drug-likeness (QED) is 0.820. The van der Waals surface area contributed by atoms with E-state index in [1.807, 2.05) is 11.9 Å². The number of amides is 1. The molecule has 98 valence electrons. The molecule has 1 heterocycles. The third-order valence-corrected chi connectivity index (χ3v) is 3.84. The highest BCUT2D eigenvalue weighted by Gasteiger charge is 2.27. The van der Waals surface area contributed by atoms with Gasteiger partial charge in [-0.15, -0.1) is 0 Å². The number of nitrogens with one attached hydrogen (secondary N) is 1. The van der Waals surface area contributed by atoms with Crippen LogP contribution in [0.1, 0.15) is 38.5 Å². The Labute approximate surface area is 104 Å². The normalized spacial score (nSPS) is 26.2. The minimum Gasteiger partial charge on any atom is -0.446 e. The Balaban J connectivity index is 1.77. The van der Waals surface area contributed by atoms with Crippen LogP contribution >= 0.6 is 0 Å². The van der Waals surface area contributed by atoms with Crippen LogP contribution in [0.3, 0.4) is 0 Å². The molecule has 0 aromatic carbocycles. The molecule has 0 aromatic heterocycles. The van der Waals surface area contributed by atoms with Gasteiger partial charge in [-0.05, 0) is 58.0 Å². The number of ether oxygens (including phenoxy) is 1. The highest BCUT2D eigenvalue weighted by Crippen LogP contribution is 2.23. The number of hydrogen-bond donors (Lipinski definition) is 1. The first-order valence-corrected chi connectivity index (χ1v) is 6.89. The highest BCUT2D eigenvalue weighted by molar-refractivity contribution is 5.68. The maximum atomic E-state index is 12.0. The van der Waals surface area contributed by atoms with E-state index in [1.165, 1.54) is 19.3 Å². The Morgan fingerprint density at radius 1 is 1.29 bits per heavy atom. The Morgan fingerprint density at radius 2 is 2.06 bits per heavy atom. The monoisotopic (exact) mass is 240 g/mol. The van der Waals surface area contributed by atoms with Gasteiger partial charge in [-0.25, -0.2) is 4.79 Å². The first-order valence-electron chi connectivity index (χ1n) is 6.89. The molecule has 4 nitrogen and oxygen atoms in total. The lowest BCUT2D eigenvalue weighted by atomic mass is 9.98. The summed E-state index contributed by atoms with van der Waals surface area (Å²) in [6.07, 6.45) is 6.95. The van der Waals surface area contributed by atoms with Gasteiger partial charge >= 0.3 is 6.09 Å². The molecule has 1 N–H and O–H groups in total. The summed E-state index contributed by atoms with van der Waals surface area (Å²) in [6.45, 7) is 2.71. The second-order valence-electron chi connectivity index (χ2n) is 5.30. The molecule has 1 unspecified atom stereocenters. The van der Waals surface area contributed by atoms with E-state index in [-0.39, 0.29) is 12.2 Å². The molecule has 2 aliphatic rings. The molecular weight excluding hydrogens is 216 g/mol. The van der Waals surface area contributed by atoms with E-state index in [0.717, 1.165) is 38.9 Å². The smallest absolute Gasteiger partial charge is 0.410 e. The third kappa shape index (κ3) is 3.60. The Hall–Kier alpha value is -0.770. The number of nitrogens with zero attached hydrogens (tertiary/aromatic N) is 1. The van der Waals surface area contributed by atoms with Crippen LogP contribution in [-0.2, 0) is 4.74 Å². The summed E-state index contributed by atoms with van der Waals surface area (Å²) in [4.78, 5) is 13.9. The minimum absolute atomic E-state index is 0.0855. The number of carbonyl (C=O) groups excluding carboxylic acids is 1. The Morgan fingerprint density at radius 3 is 2.76 bits per heavy atom. The van der Waals surface area contributed by atoms with Crippen molar-refractivity contribution < 1.29 is 9.53 Å². The van der Waals surface area contributed by atoms with Crippen LogP contribution in [0.25, 0.3) is 0 Å². The third-order valence-electron chi connectivity index (χ3n) is 3.84. The van der Waals surface area contributed by atoms with Gasteiger partial charge in [0.2, 0.25) is 0 Å². The van der Waals surface area contributed by atoms with Crippen molar-refractivity contribution in [2.24, 2.45) is 5.92 Å². The zero-order valence-electron chi connectivity index (χ0n) is 10.8. The molecule has 1 atom stereocenters. The molecule has 1 saturated carbocycles. The van der Waals surface area contributed by atoms with Gasteiger partial charge in [0.15, 0.2) is 0 Å². The number of hydrogen-bond acceptors (Lipinski definition) is 3. The fourth-order valence-corrected chi connectivity index (χ4v) is 2.91. The van der Waals surface area contributed by atoms with Crippen molar-refractivity contribution in [1.29, 1.82) is 0 Å². The predicted molar refractivity (Wildman–Crippen MR) is 67.0 cm³/mol. The van der Waals surface area contributed by atoms with Gasteiger partial charge in [-0.1, -0.05) is 0 Å². The predicted octanol–water partition coefficient (Wildman–Crippen LogP) is 2.00. The fourth-order valence-electron chi connectivity index (χ4n) is 2.91. The van der Waals surface area contributed by atoms with Crippen LogP contribution in [0.15, 0.2) is 0 Å². The zero-order chi connectivity index (χ0) is 12.1. The van der Waals surface area contributed by atoms with E-state index >= 15 is 0 Å². The van der Waals surface area contributed by atoms with E-state index in [1.54, 1.807) is 0 Å². The van der Waals surface area contributed by atoms with Crippen molar-refractivity contribution in [2.45, 2.75) is 44.6 Å². The summed E-state index contributed by atoms with van der Waals surface area (Å²) in [5.74, 6) is 0.588. The summed E-state index contributed by atoms with van der Waals surface area (Å²) in [5.41, 5.74) is 0. The van der Waals surface area contributed by atoms with Crippen LogP contribution in [-0.4, -0.2) is 43.8 Å². The van der Waals surface area contributed by atoms with E-state index in [9.17, 15) is 4.79 Å². The summed E-state index contributed by atoms with van der Waals surface area (Å²) in [6, 6.07) is 0. The Bertz CT molecular complexity index is 250. The van der Waals surface area contributed by atoms with Crippen LogP contribution in [0, 0.1) is 5.92 Å². The van der Waals surface area contributed by atoms with Gasteiger partial charge in [0.1, 0.15) is 6.10 Å². The first kappa shape index (κ1) is 12.7. The SMILES string of the molecule is CNCC1CCCN(C(=O)OC2CCCC2)C1. The van der Waals surface area contributed by atoms with Gasteiger partial charge < -0.3 is 15.0 Å². The molecule has 1 aliphatic carbocycles. The molecular formula is C13H24N2O2. The van der Waals surface area contributed by atoms with Crippen LogP contribution < -0.4 is 5.32 Å². The average Bonchev–Trinajstić information content (AvgIpc) is 2.83. The van der Waals surface area contributed by atoms with Crippen LogP contribution in [0.5, 0.6) is 0 Å². The topological polar surface area (TPSA) is 41.6 Å². The molecule has 1 aliphatic heterocycles. The summed E-state index contributed by atoms with van der Waals surface area (Å²) in [5, 5.41) is 3.19. The standard InChI is InChI=1S/C13H24N2O2/c1-14-9-11-5-4-8-15(10-11)13(16)17-12-6-2-3-7-12/h11-12,14H,2-10H2,1H3. The first-order chi connectivity index (χ1) is 8.29. The molecule has 1 saturated heterocycles. The molecule has 2 fully saturated rings. The second kappa shape index (κ2) is 6.24. The number of rotatable bonds is 3. The summed E-state index contributed by atoms with van der Waals surface area (Å²) < 4.78 is 5.54. The van der Waals surface area contributed by atoms with E-state index in [2.05, 4.69) is 5.32 Å². The van der Waals surface area contributed by atoms with Gasteiger partial charge in [0.25, 0.3) is 0 Å². The van der Waals surface area contributed by atoms with Crippen molar-refractivity contribution in [2.75, 3.05) is 26.7 Å². The molecule has 0 bridgehead atoms. The lowest BCUT2D eigenvalue weighted by Gasteiger charge is -2.32. The Kier molecular flexibility index (Phi) is 4.66. The maximum absolute atomic E-state index is 12.0. The largest absolute Gasteiger partial charge is 0.446 e. The average molecular weight is 240 g/mol. The van der Waals surface area contributed by atoms with Gasteiger partial charge in [-0.3, -0.25) is 0 Å². The fraction of sp³-hybridized carbons (Fsp3) is 0.923. The van der Waals surface area contributed by atoms with E-state index in [0.29, 0.717) is 5.92 Å². The van der Waals surface area contributed by atoms with Crippen molar-refractivity contribution >= 4 is 6.09 Å². The molecule has 2 rings (SSSR count). The van der Waals surface area contributed by atoms with Crippen molar-refractivity contribution in [3.8, 4) is 0 Å². The zero-order valence-corrected chi connectivity index (χ0v) is 10.8. The number of carbonyl (C=O) groups is 1. The number of piperidine rings is 1. The molecule has 0 radical (unpaired) electrons.